The summed E-state index contributed by atoms with van der Waals surface area (Å²) in [5.74, 6) is -0.214. The third kappa shape index (κ3) is 4.88. The van der Waals surface area contributed by atoms with Crippen LogP contribution in [-0.4, -0.2) is 11.1 Å². The molecule has 138 valence electrons. The fourth-order valence-electron chi connectivity index (χ4n) is 2.89. The van der Waals surface area contributed by atoms with Gasteiger partial charge in [0.2, 0.25) is 0 Å². The quantitative estimate of drug-likeness (QED) is 0.480. The molecule has 0 radical (unpaired) electrons. The third-order valence-corrected chi connectivity index (χ3v) is 4.25. The molecule has 0 fully saturated rings. The maximum absolute atomic E-state index is 11.9. The second kappa shape index (κ2) is 8.90. The Morgan fingerprint density at radius 1 is 0.852 bits per heavy atom. The molecular formula is C23H23NO3. The van der Waals surface area contributed by atoms with Crippen LogP contribution in [0.1, 0.15) is 24.5 Å². The molecule has 27 heavy (non-hydrogen) atoms. The summed E-state index contributed by atoms with van der Waals surface area (Å²) in [5.41, 5.74) is 2.94. The van der Waals surface area contributed by atoms with Crippen LogP contribution in [0.25, 0.3) is 0 Å². The number of ether oxygens (including phenoxy) is 1. The van der Waals surface area contributed by atoms with Gasteiger partial charge in [-0.1, -0.05) is 73.7 Å². The molecule has 0 amide bonds. The van der Waals surface area contributed by atoms with Crippen molar-refractivity contribution in [1.29, 1.82) is 0 Å². The number of anilines is 1. The highest BCUT2D eigenvalue weighted by atomic mass is 16.5. The maximum atomic E-state index is 11.9. The second-order valence-electron chi connectivity index (χ2n) is 6.28. The predicted molar refractivity (Wildman–Crippen MR) is 107 cm³/mol. The number of carbonyl (C=O) groups excluding carboxylic acids is 1. The summed E-state index contributed by atoms with van der Waals surface area (Å²) in [7, 11) is 0. The number of benzene rings is 3. The van der Waals surface area contributed by atoms with Gasteiger partial charge in [0.25, 0.3) is 0 Å². The zero-order chi connectivity index (χ0) is 19.1. The fraction of sp³-hybridized carbons (Fsp3) is 0.174. The van der Waals surface area contributed by atoms with E-state index < -0.39 is 0 Å². The van der Waals surface area contributed by atoms with Gasteiger partial charge in [-0.15, -0.1) is 0 Å². The average molecular weight is 361 g/mol. The van der Waals surface area contributed by atoms with Crippen molar-refractivity contribution in [2.24, 2.45) is 0 Å². The highest BCUT2D eigenvalue weighted by molar-refractivity contribution is 5.77. The van der Waals surface area contributed by atoms with Crippen molar-refractivity contribution in [1.82, 2.24) is 0 Å². The minimum Gasteiger partial charge on any atom is -0.504 e. The van der Waals surface area contributed by atoms with Crippen LogP contribution < -0.4 is 9.64 Å². The standard InChI is InChI=1S/C23H23NO3/c1-2-22(26)27-23-20(14-9-15-21(23)25)24(16-18-10-5-3-6-11-18)17-19-12-7-4-8-13-19/h3-15,25H,2,16-17H2,1H3. The molecule has 0 aliphatic heterocycles. The normalized spacial score (nSPS) is 10.4. The number of carbonyl (C=O) groups is 1. The average Bonchev–Trinajstić information content (AvgIpc) is 2.70. The summed E-state index contributed by atoms with van der Waals surface area (Å²) in [4.78, 5) is 14.0. The molecule has 0 aliphatic rings. The molecular weight excluding hydrogens is 338 g/mol. The van der Waals surface area contributed by atoms with Crippen molar-refractivity contribution in [2.75, 3.05) is 4.90 Å². The van der Waals surface area contributed by atoms with Gasteiger partial charge in [0.05, 0.1) is 5.69 Å². The minimum atomic E-state index is -0.378. The van der Waals surface area contributed by atoms with Crippen molar-refractivity contribution in [2.45, 2.75) is 26.4 Å². The van der Waals surface area contributed by atoms with E-state index in [0.717, 1.165) is 11.1 Å². The molecule has 0 aliphatic carbocycles. The molecule has 0 saturated carbocycles. The maximum Gasteiger partial charge on any atom is 0.311 e. The Kier molecular flexibility index (Phi) is 6.10. The summed E-state index contributed by atoms with van der Waals surface area (Å²) in [6.45, 7) is 2.97. The van der Waals surface area contributed by atoms with Gasteiger partial charge in [-0.2, -0.15) is 0 Å². The molecule has 0 spiro atoms. The number of esters is 1. The first-order valence-corrected chi connectivity index (χ1v) is 9.03. The minimum absolute atomic E-state index is 0.0413. The van der Waals surface area contributed by atoms with Gasteiger partial charge in [0.15, 0.2) is 11.5 Å². The number of para-hydroxylation sites is 1. The van der Waals surface area contributed by atoms with Crippen LogP contribution in [-0.2, 0) is 17.9 Å². The molecule has 4 nitrogen and oxygen atoms in total. The largest absolute Gasteiger partial charge is 0.504 e. The van der Waals surface area contributed by atoms with Crippen LogP contribution >= 0.6 is 0 Å². The number of hydrogen-bond donors (Lipinski definition) is 1. The Morgan fingerprint density at radius 2 is 1.41 bits per heavy atom. The van der Waals surface area contributed by atoms with Crippen molar-refractivity contribution in [3.8, 4) is 11.5 Å². The van der Waals surface area contributed by atoms with Crippen LogP contribution in [0.5, 0.6) is 11.5 Å². The van der Waals surface area contributed by atoms with Gasteiger partial charge in [-0.05, 0) is 23.3 Å². The Labute approximate surface area is 159 Å². The lowest BCUT2D eigenvalue weighted by Gasteiger charge is -2.27. The molecule has 0 aromatic heterocycles. The zero-order valence-corrected chi connectivity index (χ0v) is 15.3. The van der Waals surface area contributed by atoms with Crippen LogP contribution in [0.4, 0.5) is 5.69 Å². The van der Waals surface area contributed by atoms with E-state index in [4.69, 9.17) is 4.74 Å². The van der Waals surface area contributed by atoms with Crippen LogP contribution in [0.3, 0.4) is 0 Å². The molecule has 4 heteroatoms. The van der Waals surface area contributed by atoms with Gasteiger partial charge >= 0.3 is 5.97 Å². The fourth-order valence-corrected chi connectivity index (χ4v) is 2.89. The lowest BCUT2D eigenvalue weighted by molar-refractivity contribution is -0.134. The van der Waals surface area contributed by atoms with E-state index in [2.05, 4.69) is 29.2 Å². The summed E-state index contributed by atoms with van der Waals surface area (Å²) >= 11 is 0. The first-order chi connectivity index (χ1) is 13.2. The molecule has 0 heterocycles. The lowest BCUT2D eigenvalue weighted by Crippen LogP contribution is -2.23. The number of hydrogen-bond acceptors (Lipinski definition) is 4. The van der Waals surface area contributed by atoms with Crippen molar-refractivity contribution in [3.05, 3.63) is 90.0 Å². The highest BCUT2D eigenvalue weighted by Gasteiger charge is 2.19. The Bertz CT molecular complexity index is 837. The van der Waals surface area contributed by atoms with Gasteiger partial charge in [0, 0.05) is 19.5 Å². The van der Waals surface area contributed by atoms with Crippen LogP contribution in [0.15, 0.2) is 78.9 Å². The van der Waals surface area contributed by atoms with E-state index in [1.54, 1.807) is 13.0 Å². The van der Waals surface area contributed by atoms with E-state index in [9.17, 15) is 9.90 Å². The number of nitrogens with zero attached hydrogens (tertiary/aromatic N) is 1. The number of rotatable bonds is 7. The molecule has 0 atom stereocenters. The van der Waals surface area contributed by atoms with Gasteiger partial charge < -0.3 is 14.7 Å². The van der Waals surface area contributed by atoms with Gasteiger partial charge in [0.1, 0.15) is 0 Å². The summed E-state index contributed by atoms with van der Waals surface area (Å²) in [6.07, 6.45) is 0.241. The SMILES string of the molecule is CCC(=O)Oc1c(O)cccc1N(Cc1ccccc1)Cc1ccccc1. The summed E-state index contributed by atoms with van der Waals surface area (Å²) in [6, 6.07) is 25.3. The predicted octanol–water partition coefficient (Wildman–Crippen LogP) is 4.91. The van der Waals surface area contributed by atoms with Crippen molar-refractivity contribution >= 4 is 11.7 Å². The first kappa shape index (κ1) is 18.5. The van der Waals surface area contributed by atoms with Crippen LogP contribution in [0.2, 0.25) is 0 Å². The Balaban J connectivity index is 1.99. The monoisotopic (exact) mass is 361 g/mol. The zero-order valence-electron chi connectivity index (χ0n) is 15.3. The Hall–Kier alpha value is -3.27. The third-order valence-electron chi connectivity index (χ3n) is 4.25. The van der Waals surface area contributed by atoms with Crippen LogP contribution in [0, 0.1) is 0 Å². The molecule has 1 N–H and O–H groups in total. The van der Waals surface area contributed by atoms with E-state index in [1.165, 1.54) is 6.07 Å². The van der Waals surface area contributed by atoms with E-state index in [-0.39, 0.29) is 23.9 Å². The molecule has 0 bridgehead atoms. The second-order valence-corrected chi connectivity index (χ2v) is 6.28. The van der Waals surface area contributed by atoms with Gasteiger partial charge in [-0.3, -0.25) is 4.79 Å². The summed E-state index contributed by atoms with van der Waals surface area (Å²) in [5, 5.41) is 10.3. The van der Waals surface area contributed by atoms with E-state index in [0.29, 0.717) is 18.8 Å². The van der Waals surface area contributed by atoms with Gasteiger partial charge in [-0.25, -0.2) is 0 Å². The van der Waals surface area contributed by atoms with Crippen molar-refractivity contribution in [3.63, 3.8) is 0 Å². The van der Waals surface area contributed by atoms with Crippen molar-refractivity contribution < 1.29 is 14.6 Å². The molecule has 3 rings (SSSR count). The first-order valence-electron chi connectivity index (χ1n) is 9.03. The molecule has 3 aromatic carbocycles. The number of aromatic hydroxyl groups is 1. The molecule has 0 saturated heterocycles. The highest BCUT2D eigenvalue weighted by Crippen LogP contribution is 2.38. The Morgan fingerprint density at radius 3 is 1.93 bits per heavy atom. The smallest absolute Gasteiger partial charge is 0.311 e. The number of phenols is 1. The molecule has 3 aromatic rings. The molecule has 0 unspecified atom stereocenters. The van der Waals surface area contributed by atoms with E-state index in [1.807, 2.05) is 42.5 Å². The topological polar surface area (TPSA) is 49.8 Å². The number of phenolic OH excluding ortho intramolecular Hbond substituents is 1. The lowest BCUT2D eigenvalue weighted by atomic mass is 10.1. The van der Waals surface area contributed by atoms with E-state index >= 15 is 0 Å². The summed E-state index contributed by atoms with van der Waals surface area (Å²) < 4.78 is 5.45.